The number of anilines is 1. The molecule has 0 radical (unpaired) electrons. The molecule has 14 heteroatoms. The Hall–Kier alpha value is -2.77. The third-order valence-electron chi connectivity index (χ3n) is 4.54. The lowest BCUT2D eigenvalue weighted by molar-refractivity contribution is -0.191. The zero-order valence-corrected chi connectivity index (χ0v) is 18.8. The van der Waals surface area contributed by atoms with Gasteiger partial charge in [-0.15, -0.1) is 0 Å². The molecule has 2 aromatic rings. The fourth-order valence-corrected chi connectivity index (χ4v) is 4.44. The van der Waals surface area contributed by atoms with Crippen molar-refractivity contribution in [2.24, 2.45) is 0 Å². The Morgan fingerprint density at radius 2 is 1.56 bits per heavy atom. The van der Waals surface area contributed by atoms with E-state index in [1.807, 2.05) is 11.8 Å². The van der Waals surface area contributed by atoms with Crippen molar-refractivity contribution in [3.05, 3.63) is 35.4 Å². The summed E-state index contributed by atoms with van der Waals surface area (Å²) in [7, 11) is -9.18. The van der Waals surface area contributed by atoms with Crippen LogP contribution in [0.4, 0.5) is 5.95 Å². The van der Waals surface area contributed by atoms with Gasteiger partial charge in [0.1, 0.15) is 11.6 Å². The Labute approximate surface area is 185 Å². The van der Waals surface area contributed by atoms with E-state index in [1.165, 1.54) is 0 Å². The van der Waals surface area contributed by atoms with Gasteiger partial charge in [-0.05, 0) is 43.0 Å². The van der Waals surface area contributed by atoms with E-state index in [0.717, 1.165) is 50.6 Å². The van der Waals surface area contributed by atoms with Crippen LogP contribution in [0.2, 0.25) is 0 Å². The highest BCUT2D eigenvalue weighted by Gasteiger charge is 2.22. The molecular weight excluding hydrogens is 464 g/mol. The quantitative estimate of drug-likeness (QED) is 0.528. The van der Waals surface area contributed by atoms with Crippen molar-refractivity contribution in [3.63, 3.8) is 0 Å². The normalized spacial score (nSPS) is 13.9. The van der Waals surface area contributed by atoms with Crippen LogP contribution >= 0.6 is 0 Å². The van der Waals surface area contributed by atoms with E-state index in [1.54, 1.807) is 0 Å². The average molecular weight is 487 g/mol. The molecule has 1 aliphatic heterocycles. The Bertz CT molecular complexity index is 1200. The summed E-state index contributed by atoms with van der Waals surface area (Å²) < 4.78 is 65.2. The predicted octanol–water partition coefficient (Wildman–Crippen LogP) is 0.925. The molecule has 2 heterocycles. The Morgan fingerprint density at radius 1 is 0.969 bits per heavy atom. The van der Waals surface area contributed by atoms with E-state index in [0.29, 0.717) is 18.2 Å². The molecule has 0 atom stereocenters. The van der Waals surface area contributed by atoms with Gasteiger partial charge in [-0.1, -0.05) is 6.92 Å². The molecule has 2 N–H and O–H groups in total. The topological polar surface area (TPSA) is 185 Å². The fraction of sp³-hybridized carbons (Fsp3) is 0.444. The number of carbonyl (C=O) groups excluding carboxylic acids is 2. The Balaban J connectivity index is 0.00000114. The van der Waals surface area contributed by atoms with Gasteiger partial charge in [0.15, 0.2) is 0 Å². The first-order valence-electron chi connectivity index (χ1n) is 9.55. The largest absolute Gasteiger partial charge is 0.373 e. The molecule has 3 rings (SSSR count). The van der Waals surface area contributed by atoms with Crippen LogP contribution in [0.25, 0.3) is 0 Å². The van der Waals surface area contributed by atoms with Gasteiger partial charge in [-0.3, -0.25) is 9.11 Å². The summed E-state index contributed by atoms with van der Waals surface area (Å²) in [5, 5.41) is 0. The van der Waals surface area contributed by atoms with E-state index >= 15 is 0 Å². The summed E-state index contributed by atoms with van der Waals surface area (Å²) in [6, 6.07) is 2.84. The lowest BCUT2D eigenvalue weighted by Gasteiger charge is -2.17. The number of rotatable bonds is 7. The maximum Gasteiger partial charge on any atom is 0.373 e. The monoisotopic (exact) mass is 486 g/mol. The first kappa shape index (κ1) is 25.5. The standard InChI is InChI=1S/C17H22N4O6S2.CO2/c1-2-5-15-18-16(20-17(19-15)21-8-3-4-9-21)11-12-10-13(28(22,23)24)6-7-14(12)29(25,26)27;2-1-3/h6-7,10H,2-5,8-9,11H2,1H3,(H,22,23,24)(H,25,26,27);. The molecule has 0 aliphatic carbocycles. The summed E-state index contributed by atoms with van der Waals surface area (Å²) in [6.07, 6.45) is 3.55. The van der Waals surface area contributed by atoms with Crippen molar-refractivity contribution < 1.29 is 35.5 Å². The number of aryl methyl sites for hydroxylation is 1. The van der Waals surface area contributed by atoms with Gasteiger partial charge in [0.05, 0.1) is 9.79 Å². The second kappa shape index (κ2) is 10.7. The highest BCUT2D eigenvalue weighted by molar-refractivity contribution is 7.86. The van der Waals surface area contributed by atoms with Crippen molar-refractivity contribution in [1.29, 1.82) is 0 Å². The van der Waals surface area contributed by atoms with E-state index in [4.69, 9.17) is 9.59 Å². The minimum Gasteiger partial charge on any atom is -0.341 e. The second-order valence-corrected chi connectivity index (χ2v) is 9.70. The third-order valence-corrected chi connectivity index (χ3v) is 6.34. The van der Waals surface area contributed by atoms with Crippen LogP contribution in [0.1, 0.15) is 43.4 Å². The first-order valence-corrected chi connectivity index (χ1v) is 12.4. The first-order chi connectivity index (χ1) is 15.0. The van der Waals surface area contributed by atoms with Gasteiger partial charge in [0, 0.05) is 25.9 Å². The molecule has 0 spiro atoms. The Morgan fingerprint density at radius 3 is 2.09 bits per heavy atom. The lowest BCUT2D eigenvalue weighted by Crippen LogP contribution is -2.22. The highest BCUT2D eigenvalue weighted by Crippen LogP contribution is 2.23. The fourth-order valence-electron chi connectivity index (χ4n) is 3.20. The summed E-state index contributed by atoms with van der Waals surface area (Å²) in [5.74, 6) is 1.30. The molecule has 1 aromatic heterocycles. The number of benzene rings is 1. The summed E-state index contributed by atoms with van der Waals surface area (Å²) >= 11 is 0. The average Bonchev–Trinajstić information content (AvgIpc) is 3.22. The molecule has 0 unspecified atom stereocenters. The molecule has 12 nitrogen and oxygen atoms in total. The maximum absolute atomic E-state index is 11.7. The van der Waals surface area contributed by atoms with Gasteiger partial charge in [0.25, 0.3) is 20.2 Å². The molecule has 0 saturated carbocycles. The molecule has 1 aliphatic rings. The van der Waals surface area contributed by atoms with Gasteiger partial charge >= 0.3 is 6.15 Å². The van der Waals surface area contributed by atoms with Crippen molar-refractivity contribution in [2.75, 3.05) is 18.0 Å². The van der Waals surface area contributed by atoms with Gasteiger partial charge in [0.2, 0.25) is 5.95 Å². The minimum absolute atomic E-state index is 0.0383. The summed E-state index contributed by atoms with van der Waals surface area (Å²) in [4.78, 5) is 30.6. The van der Waals surface area contributed by atoms with Crippen LogP contribution in [-0.4, -0.2) is 60.1 Å². The smallest absolute Gasteiger partial charge is 0.341 e. The van der Waals surface area contributed by atoms with Gasteiger partial charge in [-0.2, -0.15) is 36.4 Å². The molecule has 1 aromatic carbocycles. The number of hydrogen-bond acceptors (Lipinski definition) is 10. The van der Waals surface area contributed by atoms with Crippen LogP contribution in [0.3, 0.4) is 0 Å². The number of hydrogen-bond donors (Lipinski definition) is 2. The maximum atomic E-state index is 11.7. The second-order valence-electron chi connectivity index (χ2n) is 6.89. The SMILES string of the molecule is CCCc1nc(Cc2cc(S(=O)(=O)O)ccc2S(=O)(=O)O)nc(N2CCCC2)n1.O=C=O. The molecule has 1 saturated heterocycles. The van der Waals surface area contributed by atoms with E-state index in [9.17, 15) is 25.9 Å². The highest BCUT2D eigenvalue weighted by atomic mass is 32.2. The number of nitrogens with zero attached hydrogens (tertiary/aromatic N) is 4. The predicted molar refractivity (Wildman–Crippen MR) is 109 cm³/mol. The lowest BCUT2D eigenvalue weighted by atomic mass is 10.1. The van der Waals surface area contributed by atoms with Crippen LogP contribution in [0, 0.1) is 0 Å². The van der Waals surface area contributed by atoms with E-state index in [2.05, 4.69) is 15.0 Å². The number of aromatic nitrogens is 3. The van der Waals surface area contributed by atoms with Crippen LogP contribution in [-0.2, 0) is 42.7 Å². The molecule has 1 fully saturated rings. The molecule has 32 heavy (non-hydrogen) atoms. The zero-order chi connectivity index (χ0) is 23.9. The van der Waals surface area contributed by atoms with Crippen molar-refractivity contribution >= 4 is 32.3 Å². The van der Waals surface area contributed by atoms with Crippen molar-refractivity contribution in [2.45, 2.75) is 48.8 Å². The zero-order valence-electron chi connectivity index (χ0n) is 17.1. The molecule has 0 bridgehead atoms. The van der Waals surface area contributed by atoms with Gasteiger partial charge < -0.3 is 4.90 Å². The molecule has 0 amide bonds. The van der Waals surface area contributed by atoms with Crippen LogP contribution in [0.15, 0.2) is 28.0 Å². The molecule has 174 valence electrons. The van der Waals surface area contributed by atoms with Gasteiger partial charge in [-0.25, -0.2) is 4.98 Å². The minimum atomic E-state index is -4.62. The van der Waals surface area contributed by atoms with Crippen molar-refractivity contribution in [1.82, 2.24) is 15.0 Å². The summed E-state index contributed by atoms with van der Waals surface area (Å²) in [6.45, 7) is 3.60. The van der Waals surface area contributed by atoms with E-state index < -0.39 is 30.0 Å². The Kier molecular flexibility index (Phi) is 8.52. The third kappa shape index (κ3) is 6.87. The summed E-state index contributed by atoms with van der Waals surface area (Å²) in [5.41, 5.74) is -0.0383. The van der Waals surface area contributed by atoms with E-state index in [-0.39, 0.29) is 24.0 Å². The molecular formula is C18H22N4O8S2. The van der Waals surface area contributed by atoms with Crippen LogP contribution < -0.4 is 4.90 Å². The van der Waals surface area contributed by atoms with Crippen molar-refractivity contribution in [3.8, 4) is 0 Å². The van der Waals surface area contributed by atoms with Crippen LogP contribution in [0.5, 0.6) is 0 Å².